The second kappa shape index (κ2) is 4.81. The highest BCUT2D eigenvalue weighted by Gasteiger charge is 2.30. The van der Waals surface area contributed by atoms with Gasteiger partial charge in [0, 0.05) is 6.04 Å². The van der Waals surface area contributed by atoms with Gasteiger partial charge in [-0.25, -0.2) is 0 Å². The van der Waals surface area contributed by atoms with Crippen LogP contribution in [0, 0.1) is 12.8 Å². The Hall–Kier alpha value is -0.820. The summed E-state index contributed by atoms with van der Waals surface area (Å²) in [5.74, 6) is 1.81. The summed E-state index contributed by atoms with van der Waals surface area (Å²) in [6.45, 7) is 3.46. The molecule has 0 unspecified atom stereocenters. The van der Waals surface area contributed by atoms with E-state index in [1.165, 1.54) is 44.2 Å². The van der Waals surface area contributed by atoms with E-state index in [9.17, 15) is 0 Å². The van der Waals surface area contributed by atoms with Crippen molar-refractivity contribution in [2.24, 2.45) is 5.92 Å². The van der Waals surface area contributed by atoms with E-state index in [0.29, 0.717) is 0 Å². The van der Waals surface area contributed by atoms with Crippen LogP contribution in [0.4, 0.5) is 0 Å². The average Bonchev–Trinajstić information content (AvgIpc) is 2.18. The van der Waals surface area contributed by atoms with E-state index in [1.54, 1.807) is 5.56 Å². The van der Waals surface area contributed by atoms with Crippen LogP contribution in [0.3, 0.4) is 0 Å². The summed E-state index contributed by atoms with van der Waals surface area (Å²) in [5, 5.41) is 3.74. The van der Waals surface area contributed by atoms with Gasteiger partial charge in [-0.1, -0.05) is 36.2 Å². The van der Waals surface area contributed by atoms with E-state index in [0.717, 1.165) is 17.9 Å². The van der Waals surface area contributed by atoms with Crippen LogP contribution in [0.5, 0.6) is 0 Å². The van der Waals surface area contributed by atoms with Crippen LogP contribution < -0.4 is 5.32 Å². The molecule has 0 saturated heterocycles. The number of hydrogen-bond donors (Lipinski definition) is 1. The lowest BCUT2D eigenvalue weighted by Crippen LogP contribution is -2.43. The number of benzene rings is 1. The third kappa shape index (κ3) is 2.55. The number of aryl methyl sites for hydroxylation is 1. The minimum atomic E-state index is 0.793. The van der Waals surface area contributed by atoms with Gasteiger partial charge in [0.1, 0.15) is 0 Å². The molecule has 0 spiro atoms. The smallest absolute Gasteiger partial charge is 0.00788 e. The van der Waals surface area contributed by atoms with E-state index in [-0.39, 0.29) is 0 Å². The van der Waals surface area contributed by atoms with Gasteiger partial charge < -0.3 is 5.32 Å². The molecule has 0 heterocycles. The van der Waals surface area contributed by atoms with E-state index >= 15 is 0 Å². The molecule has 1 heteroatoms. The fourth-order valence-corrected chi connectivity index (χ4v) is 3.01. The minimum absolute atomic E-state index is 0.793. The highest BCUT2D eigenvalue weighted by molar-refractivity contribution is 5.27. The van der Waals surface area contributed by atoms with Gasteiger partial charge in [0.25, 0.3) is 0 Å². The van der Waals surface area contributed by atoms with Crippen molar-refractivity contribution in [1.29, 1.82) is 0 Å². The molecule has 0 bridgehead atoms. The number of hydrogen-bond acceptors (Lipinski definition) is 1. The monoisotopic (exact) mass is 229 g/mol. The van der Waals surface area contributed by atoms with Gasteiger partial charge in [-0.05, 0) is 56.6 Å². The molecule has 92 valence electrons. The van der Waals surface area contributed by atoms with Crippen molar-refractivity contribution in [2.45, 2.75) is 51.0 Å². The fraction of sp³-hybridized carbons (Fsp3) is 0.625. The Balaban J connectivity index is 1.44. The van der Waals surface area contributed by atoms with Crippen LogP contribution in [0.1, 0.15) is 49.1 Å². The van der Waals surface area contributed by atoms with Crippen LogP contribution in [0.15, 0.2) is 24.3 Å². The molecule has 1 aromatic rings. The second-order valence-electron chi connectivity index (χ2n) is 5.98. The predicted octanol–water partition coefficient (Wildman–Crippen LogP) is 3.63. The van der Waals surface area contributed by atoms with E-state index < -0.39 is 0 Å². The molecule has 17 heavy (non-hydrogen) atoms. The Morgan fingerprint density at radius 1 is 1.24 bits per heavy atom. The Morgan fingerprint density at radius 2 is 2.06 bits per heavy atom. The van der Waals surface area contributed by atoms with Gasteiger partial charge in [0.2, 0.25) is 0 Å². The molecule has 1 aromatic carbocycles. The van der Waals surface area contributed by atoms with Crippen LogP contribution >= 0.6 is 0 Å². The molecule has 0 aliphatic heterocycles. The summed E-state index contributed by atoms with van der Waals surface area (Å²) in [6.07, 6.45) is 7.07. The van der Waals surface area contributed by atoms with Crippen LogP contribution in [0.2, 0.25) is 0 Å². The number of rotatable bonds is 4. The molecule has 2 aliphatic carbocycles. The third-order valence-electron chi connectivity index (χ3n) is 4.57. The lowest BCUT2D eigenvalue weighted by Gasteiger charge is -2.38. The van der Waals surface area contributed by atoms with Crippen molar-refractivity contribution in [1.82, 2.24) is 5.32 Å². The van der Waals surface area contributed by atoms with Gasteiger partial charge in [-0.2, -0.15) is 0 Å². The standard InChI is InChI=1S/C16H23N/c1-12-4-2-7-14(8-12)15-9-16(10-15)17-11-13-5-3-6-13/h2,4,7-8,13,15-17H,3,5-6,9-11H2,1H3. The zero-order chi connectivity index (χ0) is 11.7. The average molecular weight is 229 g/mol. The van der Waals surface area contributed by atoms with Crippen molar-refractivity contribution in [2.75, 3.05) is 6.54 Å². The first kappa shape index (κ1) is 11.3. The topological polar surface area (TPSA) is 12.0 Å². The van der Waals surface area contributed by atoms with Crippen molar-refractivity contribution in [3.63, 3.8) is 0 Å². The predicted molar refractivity (Wildman–Crippen MR) is 72.3 cm³/mol. The van der Waals surface area contributed by atoms with Crippen LogP contribution in [-0.4, -0.2) is 12.6 Å². The highest BCUT2D eigenvalue weighted by Crippen LogP contribution is 2.37. The molecule has 3 rings (SSSR count). The molecule has 0 aromatic heterocycles. The SMILES string of the molecule is Cc1cccc(C2CC(NCC3CCC3)C2)c1. The quantitative estimate of drug-likeness (QED) is 0.831. The fourth-order valence-electron chi connectivity index (χ4n) is 3.01. The summed E-state index contributed by atoms with van der Waals surface area (Å²) >= 11 is 0. The molecule has 2 fully saturated rings. The second-order valence-corrected chi connectivity index (χ2v) is 5.98. The van der Waals surface area contributed by atoms with E-state index in [2.05, 4.69) is 36.5 Å². The Morgan fingerprint density at radius 3 is 2.71 bits per heavy atom. The molecule has 0 amide bonds. The molecule has 0 atom stereocenters. The van der Waals surface area contributed by atoms with E-state index in [4.69, 9.17) is 0 Å². The summed E-state index contributed by atoms with van der Waals surface area (Å²) in [6, 6.07) is 9.82. The van der Waals surface area contributed by atoms with Gasteiger partial charge in [0.15, 0.2) is 0 Å². The Labute approximate surface area is 105 Å². The first-order valence-electron chi connectivity index (χ1n) is 7.11. The molecule has 1 nitrogen and oxygen atoms in total. The lowest BCUT2D eigenvalue weighted by molar-refractivity contribution is 0.237. The van der Waals surface area contributed by atoms with E-state index in [1.807, 2.05) is 0 Å². The minimum Gasteiger partial charge on any atom is -0.314 e. The summed E-state index contributed by atoms with van der Waals surface area (Å²) < 4.78 is 0. The van der Waals surface area contributed by atoms with Gasteiger partial charge in [-0.3, -0.25) is 0 Å². The molecule has 1 N–H and O–H groups in total. The largest absolute Gasteiger partial charge is 0.314 e. The van der Waals surface area contributed by atoms with Crippen LogP contribution in [-0.2, 0) is 0 Å². The molecular formula is C16H23N. The molecule has 2 saturated carbocycles. The van der Waals surface area contributed by atoms with Crippen molar-refractivity contribution < 1.29 is 0 Å². The third-order valence-corrected chi connectivity index (χ3v) is 4.57. The first-order valence-corrected chi connectivity index (χ1v) is 7.11. The molecule has 0 radical (unpaired) electrons. The number of nitrogens with one attached hydrogen (secondary N) is 1. The van der Waals surface area contributed by atoms with Gasteiger partial charge in [0.05, 0.1) is 0 Å². The summed E-state index contributed by atoms with van der Waals surface area (Å²) in [4.78, 5) is 0. The van der Waals surface area contributed by atoms with Crippen LogP contribution in [0.25, 0.3) is 0 Å². The molecular weight excluding hydrogens is 206 g/mol. The Bertz CT molecular complexity index is 375. The van der Waals surface area contributed by atoms with Crippen molar-refractivity contribution >= 4 is 0 Å². The molecule has 2 aliphatic rings. The normalized spacial score (nSPS) is 28.5. The maximum atomic E-state index is 3.74. The van der Waals surface area contributed by atoms with Gasteiger partial charge >= 0.3 is 0 Å². The maximum absolute atomic E-state index is 3.74. The van der Waals surface area contributed by atoms with Crippen molar-refractivity contribution in [3.8, 4) is 0 Å². The van der Waals surface area contributed by atoms with Crippen molar-refractivity contribution in [3.05, 3.63) is 35.4 Å². The Kier molecular flexibility index (Phi) is 3.19. The zero-order valence-corrected chi connectivity index (χ0v) is 10.8. The summed E-state index contributed by atoms with van der Waals surface area (Å²) in [5.41, 5.74) is 2.94. The highest BCUT2D eigenvalue weighted by atomic mass is 14.9. The maximum Gasteiger partial charge on any atom is 0.00788 e. The lowest BCUT2D eigenvalue weighted by atomic mass is 9.75. The zero-order valence-electron chi connectivity index (χ0n) is 10.8. The van der Waals surface area contributed by atoms with Gasteiger partial charge in [-0.15, -0.1) is 0 Å². The summed E-state index contributed by atoms with van der Waals surface area (Å²) in [7, 11) is 0. The first-order chi connectivity index (χ1) is 8.31.